The van der Waals surface area contributed by atoms with Crippen molar-refractivity contribution in [2.24, 2.45) is 5.16 Å². The number of aryl methyl sites for hydroxylation is 1. The second-order valence-electron chi connectivity index (χ2n) is 5.73. The van der Waals surface area contributed by atoms with Gasteiger partial charge in [-0.2, -0.15) is 4.98 Å². The molecule has 3 rings (SSSR count). The van der Waals surface area contributed by atoms with E-state index in [9.17, 15) is 4.79 Å². The van der Waals surface area contributed by atoms with Crippen molar-refractivity contribution in [1.29, 1.82) is 0 Å². The number of hydrogen-bond donors (Lipinski definition) is 0. The zero-order chi connectivity index (χ0) is 16.9. The van der Waals surface area contributed by atoms with Crippen LogP contribution in [-0.2, 0) is 16.1 Å². The predicted molar refractivity (Wildman–Crippen MR) is 88.4 cm³/mol. The second-order valence-corrected chi connectivity index (χ2v) is 5.73. The lowest BCUT2D eigenvalue weighted by Gasteiger charge is -2.27. The molecule has 0 spiro atoms. The lowest BCUT2D eigenvalue weighted by Crippen LogP contribution is -2.39. The van der Waals surface area contributed by atoms with Crippen molar-refractivity contribution < 1.29 is 14.2 Å². The Balaban J connectivity index is 1.58. The number of hydrogen-bond acceptors (Lipinski definition) is 6. The number of piperidine rings is 1. The quantitative estimate of drug-likeness (QED) is 0.804. The summed E-state index contributed by atoms with van der Waals surface area (Å²) in [7, 11) is 1.55. The van der Waals surface area contributed by atoms with Crippen LogP contribution in [-0.4, -0.2) is 46.9 Å². The third-order valence-electron chi connectivity index (χ3n) is 4.01. The van der Waals surface area contributed by atoms with E-state index in [1.54, 1.807) is 14.0 Å². The number of rotatable bonds is 4. The average molecular weight is 328 g/mol. The predicted octanol–water partition coefficient (Wildman–Crippen LogP) is 2.21. The molecule has 2 heterocycles. The zero-order valence-corrected chi connectivity index (χ0v) is 13.9. The maximum Gasteiger partial charge on any atom is 0.227 e. The first kappa shape index (κ1) is 16.2. The van der Waals surface area contributed by atoms with Crippen LogP contribution in [0.1, 0.15) is 24.3 Å². The minimum atomic E-state index is 0.134. The molecule has 0 unspecified atom stereocenters. The van der Waals surface area contributed by atoms with E-state index in [1.807, 2.05) is 29.2 Å². The lowest BCUT2D eigenvalue weighted by atomic mass is 10.1. The number of oxime groups is 1. The Morgan fingerprint density at radius 3 is 2.58 bits per heavy atom. The number of carbonyl (C=O) groups excluding carboxylic acids is 1. The molecule has 0 N–H and O–H groups in total. The first-order valence-electron chi connectivity index (χ1n) is 7.92. The largest absolute Gasteiger partial charge is 0.399 e. The molecule has 24 heavy (non-hydrogen) atoms. The molecule has 1 fully saturated rings. The van der Waals surface area contributed by atoms with Gasteiger partial charge in [-0.15, -0.1) is 0 Å². The first-order valence-corrected chi connectivity index (χ1v) is 7.92. The number of carbonyl (C=O) groups is 1. The van der Waals surface area contributed by atoms with Crippen LogP contribution < -0.4 is 0 Å². The van der Waals surface area contributed by atoms with Gasteiger partial charge >= 0.3 is 0 Å². The Labute approximate surface area is 140 Å². The highest BCUT2D eigenvalue weighted by atomic mass is 16.6. The van der Waals surface area contributed by atoms with Crippen molar-refractivity contribution >= 4 is 11.6 Å². The molecular formula is C17H20N4O3. The monoisotopic (exact) mass is 328 g/mol. The highest BCUT2D eigenvalue weighted by Crippen LogP contribution is 2.17. The number of likely N-dealkylation sites (tertiary alicyclic amines) is 1. The van der Waals surface area contributed by atoms with Crippen LogP contribution in [0.25, 0.3) is 11.4 Å². The zero-order valence-electron chi connectivity index (χ0n) is 13.9. The molecule has 1 aliphatic rings. The Morgan fingerprint density at radius 1 is 1.29 bits per heavy atom. The number of amides is 1. The summed E-state index contributed by atoms with van der Waals surface area (Å²) in [5.41, 5.74) is 2.86. The molecule has 1 amide bonds. The van der Waals surface area contributed by atoms with Crippen molar-refractivity contribution in [3.05, 3.63) is 35.7 Å². The number of aromatic nitrogens is 2. The van der Waals surface area contributed by atoms with E-state index in [-0.39, 0.29) is 5.91 Å². The SMILES string of the molecule is CON=C1CCN(C(=O)Cc2ccc(-c3noc(C)n3)cc2)CC1. The van der Waals surface area contributed by atoms with Crippen molar-refractivity contribution in [2.45, 2.75) is 26.2 Å². The molecule has 126 valence electrons. The molecular weight excluding hydrogens is 308 g/mol. The maximum absolute atomic E-state index is 12.4. The molecule has 0 radical (unpaired) electrons. The third-order valence-corrected chi connectivity index (χ3v) is 4.01. The van der Waals surface area contributed by atoms with Gasteiger partial charge in [-0.1, -0.05) is 34.6 Å². The van der Waals surface area contributed by atoms with Crippen LogP contribution in [0.4, 0.5) is 0 Å². The number of nitrogens with zero attached hydrogens (tertiary/aromatic N) is 4. The summed E-state index contributed by atoms with van der Waals surface area (Å²) in [6.07, 6.45) is 1.94. The third kappa shape index (κ3) is 3.79. The van der Waals surface area contributed by atoms with E-state index in [0.717, 1.165) is 29.7 Å². The fourth-order valence-corrected chi connectivity index (χ4v) is 2.71. The van der Waals surface area contributed by atoms with Crippen molar-refractivity contribution in [3.8, 4) is 11.4 Å². The van der Waals surface area contributed by atoms with Crippen LogP contribution in [0.2, 0.25) is 0 Å². The summed E-state index contributed by atoms with van der Waals surface area (Å²) in [5.74, 6) is 1.23. The molecule has 0 saturated carbocycles. The van der Waals surface area contributed by atoms with Gasteiger partial charge in [0.2, 0.25) is 17.6 Å². The molecule has 2 aromatic rings. The maximum atomic E-state index is 12.4. The molecule has 0 atom stereocenters. The van der Waals surface area contributed by atoms with Gasteiger partial charge in [0.05, 0.1) is 12.1 Å². The molecule has 1 aromatic heterocycles. The summed E-state index contributed by atoms with van der Waals surface area (Å²) in [6, 6.07) is 7.68. The van der Waals surface area contributed by atoms with E-state index in [4.69, 9.17) is 9.36 Å². The fourth-order valence-electron chi connectivity index (χ4n) is 2.71. The van der Waals surface area contributed by atoms with E-state index in [0.29, 0.717) is 31.2 Å². The molecule has 0 bridgehead atoms. The van der Waals surface area contributed by atoms with Gasteiger partial charge in [0.25, 0.3) is 0 Å². The van der Waals surface area contributed by atoms with Gasteiger partial charge < -0.3 is 14.3 Å². The molecule has 1 saturated heterocycles. The summed E-state index contributed by atoms with van der Waals surface area (Å²) < 4.78 is 4.98. The van der Waals surface area contributed by atoms with Crippen molar-refractivity contribution in [3.63, 3.8) is 0 Å². The molecule has 0 aliphatic carbocycles. The van der Waals surface area contributed by atoms with Gasteiger partial charge in [-0.05, 0) is 5.56 Å². The highest BCUT2D eigenvalue weighted by molar-refractivity contribution is 5.87. The van der Waals surface area contributed by atoms with Crippen molar-refractivity contribution in [1.82, 2.24) is 15.0 Å². The van der Waals surface area contributed by atoms with Crippen LogP contribution >= 0.6 is 0 Å². The second kappa shape index (κ2) is 7.25. The lowest BCUT2D eigenvalue weighted by molar-refractivity contribution is -0.130. The van der Waals surface area contributed by atoms with Crippen LogP contribution in [0.3, 0.4) is 0 Å². The molecule has 7 heteroatoms. The van der Waals surface area contributed by atoms with Crippen LogP contribution in [0.15, 0.2) is 33.9 Å². The summed E-state index contributed by atoms with van der Waals surface area (Å²) in [4.78, 5) is 23.3. The Hall–Kier alpha value is -2.70. The van der Waals surface area contributed by atoms with Gasteiger partial charge in [-0.3, -0.25) is 4.79 Å². The summed E-state index contributed by atoms with van der Waals surface area (Å²) >= 11 is 0. The Bertz CT molecular complexity index is 727. The van der Waals surface area contributed by atoms with Gasteiger partial charge in [-0.25, -0.2) is 0 Å². The molecule has 1 aromatic carbocycles. The van der Waals surface area contributed by atoms with Gasteiger partial charge in [0.15, 0.2) is 0 Å². The molecule has 1 aliphatic heterocycles. The summed E-state index contributed by atoms with van der Waals surface area (Å²) in [6.45, 7) is 3.15. The van der Waals surface area contributed by atoms with Gasteiger partial charge in [0, 0.05) is 38.4 Å². The Morgan fingerprint density at radius 2 is 2.00 bits per heavy atom. The Kier molecular flexibility index (Phi) is 4.88. The van der Waals surface area contributed by atoms with E-state index in [2.05, 4.69) is 15.3 Å². The topological polar surface area (TPSA) is 80.8 Å². The van der Waals surface area contributed by atoms with E-state index >= 15 is 0 Å². The normalized spacial score (nSPS) is 14.6. The summed E-state index contributed by atoms with van der Waals surface area (Å²) in [5, 5.41) is 7.85. The molecule has 7 nitrogen and oxygen atoms in total. The van der Waals surface area contributed by atoms with Crippen molar-refractivity contribution in [2.75, 3.05) is 20.2 Å². The minimum Gasteiger partial charge on any atom is -0.399 e. The van der Waals surface area contributed by atoms with Crippen LogP contribution in [0.5, 0.6) is 0 Å². The van der Waals surface area contributed by atoms with E-state index < -0.39 is 0 Å². The minimum absolute atomic E-state index is 0.134. The van der Waals surface area contributed by atoms with Crippen LogP contribution in [0, 0.1) is 6.92 Å². The fraction of sp³-hybridized carbons (Fsp3) is 0.412. The first-order chi connectivity index (χ1) is 11.7. The number of benzene rings is 1. The van der Waals surface area contributed by atoms with Gasteiger partial charge in [0.1, 0.15) is 7.11 Å². The smallest absolute Gasteiger partial charge is 0.227 e. The highest BCUT2D eigenvalue weighted by Gasteiger charge is 2.20. The standard InChI is InChI=1S/C17H20N4O3/c1-12-18-17(20-24-12)14-5-3-13(4-6-14)11-16(22)21-9-7-15(8-10-21)19-23-2/h3-6H,7-11H2,1-2H3. The average Bonchev–Trinajstić information content (AvgIpc) is 3.03. The van der Waals surface area contributed by atoms with E-state index in [1.165, 1.54) is 0 Å².